The third-order valence-electron chi connectivity index (χ3n) is 1.90. The van der Waals surface area contributed by atoms with Gasteiger partial charge in [-0.15, -0.1) is 0 Å². The number of benzene rings is 1. The average molecular weight is 193 g/mol. The van der Waals surface area contributed by atoms with Gasteiger partial charge in [0.2, 0.25) is 0 Å². The van der Waals surface area contributed by atoms with Gasteiger partial charge in [-0.05, 0) is 18.1 Å². The molecule has 1 aromatic rings. The molecule has 0 spiro atoms. The van der Waals surface area contributed by atoms with E-state index in [1.54, 1.807) is 18.2 Å². The van der Waals surface area contributed by atoms with Crippen LogP contribution in [0, 0.1) is 6.92 Å². The molecular weight excluding hydrogens is 182 g/mol. The summed E-state index contributed by atoms with van der Waals surface area (Å²) < 4.78 is 0. The molecule has 0 fully saturated rings. The van der Waals surface area contributed by atoms with Crippen molar-refractivity contribution in [3.8, 4) is 0 Å². The number of hydrogen-bond donors (Lipinski definition) is 2. The van der Waals surface area contributed by atoms with E-state index < -0.39 is 6.09 Å². The molecule has 4 nitrogen and oxygen atoms in total. The van der Waals surface area contributed by atoms with Crippen LogP contribution in [0.1, 0.15) is 21.5 Å². The molecule has 0 saturated carbocycles. The first-order valence-electron chi connectivity index (χ1n) is 4.15. The zero-order valence-corrected chi connectivity index (χ0v) is 7.78. The molecule has 0 atom stereocenters. The number of aldehydes is 1. The second-order valence-corrected chi connectivity index (χ2v) is 2.97. The van der Waals surface area contributed by atoms with Crippen molar-refractivity contribution in [1.82, 2.24) is 5.32 Å². The van der Waals surface area contributed by atoms with E-state index in [0.717, 1.165) is 17.4 Å². The van der Waals surface area contributed by atoms with Crippen LogP contribution in [0.15, 0.2) is 18.2 Å². The van der Waals surface area contributed by atoms with Gasteiger partial charge in [0.15, 0.2) is 0 Å². The molecule has 0 aromatic heterocycles. The van der Waals surface area contributed by atoms with E-state index in [0.29, 0.717) is 5.56 Å². The molecule has 0 radical (unpaired) electrons. The topological polar surface area (TPSA) is 66.4 Å². The van der Waals surface area contributed by atoms with Crippen molar-refractivity contribution in [3.05, 3.63) is 34.9 Å². The van der Waals surface area contributed by atoms with Crippen molar-refractivity contribution in [2.45, 2.75) is 13.5 Å². The quantitative estimate of drug-likeness (QED) is 0.716. The molecule has 1 aromatic carbocycles. The van der Waals surface area contributed by atoms with Gasteiger partial charge in [-0.3, -0.25) is 4.79 Å². The Morgan fingerprint density at radius 2 is 2.29 bits per heavy atom. The number of amides is 1. The largest absolute Gasteiger partial charge is 0.465 e. The first-order chi connectivity index (χ1) is 6.63. The SMILES string of the molecule is Cc1cc(CNC(=O)O)ccc1C=O. The average Bonchev–Trinajstić information content (AvgIpc) is 2.15. The Kier molecular flexibility index (Phi) is 3.23. The maximum Gasteiger partial charge on any atom is 0.404 e. The van der Waals surface area contributed by atoms with Crippen molar-refractivity contribution in [2.75, 3.05) is 0 Å². The summed E-state index contributed by atoms with van der Waals surface area (Å²) >= 11 is 0. The Morgan fingerprint density at radius 1 is 1.57 bits per heavy atom. The van der Waals surface area contributed by atoms with Gasteiger partial charge in [0.05, 0.1) is 0 Å². The fourth-order valence-corrected chi connectivity index (χ4v) is 1.16. The van der Waals surface area contributed by atoms with Gasteiger partial charge in [-0.1, -0.05) is 18.2 Å². The molecule has 4 heteroatoms. The zero-order valence-electron chi connectivity index (χ0n) is 7.78. The third kappa shape index (κ3) is 2.58. The third-order valence-corrected chi connectivity index (χ3v) is 1.90. The van der Waals surface area contributed by atoms with E-state index in [4.69, 9.17) is 5.11 Å². The van der Waals surface area contributed by atoms with Crippen LogP contribution in [0.5, 0.6) is 0 Å². The normalized spacial score (nSPS) is 9.50. The molecule has 1 amide bonds. The summed E-state index contributed by atoms with van der Waals surface area (Å²) in [6, 6.07) is 5.20. The van der Waals surface area contributed by atoms with Crippen LogP contribution in [-0.2, 0) is 6.54 Å². The minimum Gasteiger partial charge on any atom is -0.465 e. The number of carbonyl (C=O) groups excluding carboxylic acids is 1. The van der Waals surface area contributed by atoms with Crippen LogP contribution in [0.25, 0.3) is 0 Å². The maximum absolute atomic E-state index is 10.5. The summed E-state index contributed by atoms with van der Waals surface area (Å²) in [5.74, 6) is 0. The highest BCUT2D eigenvalue weighted by atomic mass is 16.4. The fraction of sp³-hybridized carbons (Fsp3) is 0.200. The van der Waals surface area contributed by atoms with E-state index in [1.165, 1.54) is 0 Å². The Labute approximate surface area is 81.6 Å². The van der Waals surface area contributed by atoms with E-state index in [-0.39, 0.29) is 6.54 Å². The number of nitrogens with one attached hydrogen (secondary N) is 1. The predicted molar refractivity (Wildman–Crippen MR) is 51.4 cm³/mol. The monoisotopic (exact) mass is 193 g/mol. The van der Waals surface area contributed by atoms with Gasteiger partial charge in [0, 0.05) is 12.1 Å². The van der Waals surface area contributed by atoms with E-state index >= 15 is 0 Å². The lowest BCUT2D eigenvalue weighted by molar-refractivity contribution is 0.112. The first kappa shape index (κ1) is 10.2. The number of carboxylic acid groups (broad SMARTS) is 1. The second-order valence-electron chi connectivity index (χ2n) is 2.97. The Bertz CT molecular complexity index is 360. The van der Waals surface area contributed by atoms with E-state index in [9.17, 15) is 9.59 Å². The highest BCUT2D eigenvalue weighted by Gasteiger charge is 2.00. The van der Waals surface area contributed by atoms with Crippen LogP contribution in [0.3, 0.4) is 0 Å². The number of hydrogen-bond acceptors (Lipinski definition) is 2. The number of carbonyl (C=O) groups is 2. The summed E-state index contributed by atoms with van der Waals surface area (Å²) in [6.07, 6.45) is -0.272. The standard InChI is InChI=1S/C10H11NO3/c1-7-4-8(5-11-10(13)14)2-3-9(7)6-12/h2-4,6,11H,5H2,1H3,(H,13,14). The molecule has 1 rings (SSSR count). The molecule has 0 bridgehead atoms. The van der Waals surface area contributed by atoms with Gasteiger partial charge in [-0.25, -0.2) is 4.79 Å². The van der Waals surface area contributed by atoms with Gasteiger partial charge in [0.1, 0.15) is 6.29 Å². The lowest BCUT2D eigenvalue weighted by atomic mass is 10.1. The van der Waals surface area contributed by atoms with Crippen molar-refractivity contribution >= 4 is 12.4 Å². The fourth-order valence-electron chi connectivity index (χ4n) is 1.16. The summed E-state index contributed by atoms with van der Waals surface area (Å²) in [7, 11) is 0. The van der Waals surface area contributed by atoms with Crippen LogP contribution in [-0.4, -0.2) is 17.5 Å². The summed E-state index contributed by atoms with van der Waals surface area (Å²) in [4.78, 5) is 20.7. The lowest BCUT2D eigenvalue weighted by Gasteiger charge is -2.04. The molecule has 14 heavy (non-hydrogen) atoms. The van der Waals surface area contributed by atoms with Crippen molar-refractivity contribution in [2.24, 2.45) is 0 Å². The summed E-state index contributed by atoms with van der Waals surface area (Å²) in [5.41, 5.74) is 2.32. The van der Waals surface area contributed by atoms with Crippen LogP contribution in [0.4, 0.5) is 4.79 Å². The van der Waals surface area contributed by atoms with E-state index in [1.807, 2.05) is 6.92 Å². The van der Waals surface area contributed by atoms with Gasteiger partial charge in [0.25, 0.3) is 0 Å². The molecule has 0 heterocycles. The number of rotatable bonds is 3. The highest BCUT2D eigenvalue weighted by molar-refractivity contribution is 5.77. The minimum atomic E-state index is -1.05. The maximum atomic E-state index is 10.5. The Morgan fingerprint density at radius 3 is 2.79 bits per heavy atom. The van der Waals surface area contributed by atoms with Crippen LogP contribution < -0.4 is 5.32 Å². The molecule has 0 aliphatic heterocycles. The Balaban J connectivity index is 2.76. The minimum absolute atomic E-state index is 0.259. The van der Waals surface area contributed by atoms with Crippen molar-refractivity contribution < 1.29 is 14.7 Å². The molecule has 0 saturated heterocycles. The van der Waals surface area contributed by atoms with Crippen molar-refractivity contribution in [1.29, 1.82) is 0 Å². The van der Waals surface area contributed by atoms with Crippen molar-refractivity contribution in [3.63, 3.8) is 0 Å². The zero-order chi connectivity index (χ0) is 10.6. The van der Waals surface area contributed by atoms with E-state index in [2.05, 4.69) is 5.32 Å². The molecule has 2 N–H and O–H groups in total. The van der Waals surface area contributed by atoms with Crippen LogP contribution >= 0.6 is 0 Å². The van der Waals surface area contributed by atoms with Gasteiger partial charge in [-0.2, -0.15) is 0 Å². The smallest absolute Gasteiger partial charge is 0.404 e. The molecule has 0 aliphatic rings. The predicted octanol–water partition coefficient (Wildman–Crippen LogP) is 1.58. The first-order valence-corrected chi connectivity index (χ1v) is 4.15. The summed E-state index contributed by atoms with van der Waals surface area (Å²) in [5, 5.41) is 10.6. The van der Waals surface area contributed by atoms with Gasteiger partial charge < -0.3 is 10.4 Å². The highest BCUT2D eigenvalue weighted by Crippen LogP contribution is 2.08. The molecule has 0 aliphatic carbocycles. The lowest BCUT2D eigenvalue weighted by Crippen LogP contribution is -2.19. The Hall–Kier alpha value is -1.84. The summed E-state index contributed by atoms with van der Waals surface area (Å²) in [6.45, 7) is 2.07. The molecule has 0 unspecified atom stereocenters. The number of aryl methyl sites for hydroxylation is 1. The van der Waals surface area contributed by atoms with Gasteiger partial charge >= 0.3 is 6.09 Å². The van der Waals surface area contributed by atoms with Crippen LogP contribution in [0.2, 0.25) is 0 Å². The molecule has 74 valence electrons. The second kappa shape index (κ2) is 4.41. The molecular formula is C10H11NO3.